The van der Waals surface area contributed by atoms with Gasteiger partial charge >= 0.3 is 0 Å². The van der Waals surface area contributed by atoms with Crippen LogP contribution in [0.25, 0.3) is 0 Å². The minimum Gasteiger partial charge on any atom is -0.496 e. The third-order valence-electron chi connectivity index (χ3n) is 3.76. The Hall–Kier alpha value is -2.19. The SMILES string of the molecule is COc1cc(=O)n2c(c1C(=O)NCc1nccs1)CCNCC2. The Bertz CT molecular complexity index is 755. The van der Waals surface area contributed by atoms with Gasteiger partial charge in [-0.3, -0.25) is 9.59 Å². The molecule has 1 aliphatic rings. The maximum absolute atomic E-state index is 12.7. The molecule has 0 atom stereocenters. The number of ether oxygens (including phenoxy) is 1. The number of rotatable bonds is 4. The molecule has 0 aromatic carbocycles. The zero-order chi connectivity index (χ0) is 16.2. The van der Waals surface area contributed by atoms with E-state index in [2.05, 4.69) is 15.6 Å². The lowest BCUT2D eigenvalue weighted by Crippen LogP contribution is -2.31. The third-order valence-corrected chi connectivity index (χ3v) is 4.54. The number of fused-ring (bicyclic) bond motifs is 1. The van der Waals surface area contributed by atoms with Gasteiger partial charge < -0.3 is 19.9 Å². The summed E-state index contributed by atoms with van der Waals surface area (Å²) >= 11 is 1.48. The van der Waals surface area contributed by atoms with Crippen LogP contribution in [-0.2, 0) is 19.5 Å². The summed E-state index contributed by atoms with van der Waals surface area (Å²) in [5.41, 5.74) is 1.01. The second kappa shape index (κ2) is 6.93. The van der Waals surface area contributed by atoms with Crippen molar-refractivity contribution in [3.8, 4) is 5.75 Å². The van der Waals surface area contributed by atoms with Crippen LogP contribution < -0.4 is 20.9 Å². The molecule has 7 nitrogen and oxygen atoms in total. The number of pyridine rings is 1. The number of methoxy groups -OCH3 is 1. The normalized spacial score (nSPS) is 14.0. The van der Waals surface area contributed by atoms with E-state index in [4.69, 9.17) is 4.74 Å². The molecule has 0 spiro atoms. The maximum atomic E-state index is 12.7. The molecule has 0 saturated carbocycles. The molecule has 0 unspecified atom stereocenters. The monoisotopic (exact) mass is 334 g/mol. The van der Waals surface area contributed by atoms with Crippen LogP contribution in [-0.4, -0.2) is 35.7 Å². The van der Waals surface area contributed by atoms with Crippen LogP contribution >= 0.6 is 11.3 Å². The lowest BCUT2D eigenvalue weighted by Gasteiger charge is -2.17. The Balaban J connectivity index is 1.95. The van der Waals surface area contributed by atoms with E-state index in [9.17, 15) is 9.59 Å². The van der Waals surface area contributed by atoms with E-state index in [0.29, 0.717) is 37.4 Å². The minimum atomic E-state index is -0.247. The first-order chi connectivity index (χ1) is 11.2. The van der Waals surface area contributed by atoms with Crippen molar-refractivity contribution in [3.05, 3.63) is 44.3 Å². The molecule has 1 aliphatic heterocycles. The van der Waals surface area contributed by atoms with Gasteiger partial charge in [-0.25, -0.2) is 4.98 Å². The van der Waals surface area contributed by atoms with Crippen LogP contribution in [0.1, 0.15) is 21.1 Å². The van der Waals surface area contributed by atoms with Gasteiger partial charge in [-0.15, -0.1) is 11.3 Å². The van der Waals surface area contributed by atoms with Crippen molar-refractivity contribution in [1.82, 2.24) is 20.2 Å². The highest BCUT2D eigenvalue weighted by Crippen LogP contribution is 2.22. The number of carbonyl (C=O) groups excluding carboxylic acids is 1. The quantitative estimate of drug-likeness (QED) is 0.845. The van der Waals surface area contributed by atoms with Gasteiger partial charge in [0, 0.05) is 49.4 Å². The van der Waals surface area contributed by atoms with Gasteiger partial charge in [-0.1, -0.05) is 0 Å². The Labute approximate surface area is 137 Å². The number of aromatic nitrogens is 2. The van der Waals surface area contributed by atoms with E-state index >= 15 is 0 Å². The molecule has 1 amide bonds. The van der Waals surface area contributed by atoms with Crippen molar-refractivity contribution in [2.24, 2.45) is 0 Å². The summed E-state index contributed by atoms with van der Waals surface area (Å²) in [6, 6.07) is 1.38. The molecule has 23 heavy (non-hydrogen) atoms. The van der Waals surface area contributed by atoms with Crippen LogP contribution in [0.4, 0.5) is 0 Å². The van der Waals surface area contributed by atoms with Crippen LogP contribution in [0.3, 0.4) is 0 Å². The molecule has 0 fully saturated rings. The van der Waals surface area contributed by atoms with Gasteiger partial charge in [-0.05, 0) is 0 Å². The van der Waals surface area contributed by atoms with Gasteiger partial charge in [0.15, 0.2) is 0 Å². The van der Waals surface area contributed by atoms with Crippen LogP contribution in [0.2, 0.25) is 0 Å². The highest BCUT2D eigenvalue weighted by Gasteiger charge is 2.23. The largest absolute Gasteiger partial charge is 0.496 e. The highest BCUT2D eigenvalue weighted by atomic mass is 32.1. The second-order valence-corrected chi connectivity index (χ2v) is 6.11. The van der Waals surface area contributed by atoms with Gasteiger partial charge in [0.2, 0.25) is 0 Å². The molecule has 3 rings (SSSR count). The van der Waals surface area contributed by atoms with E-state index in [1.807, 2.05) is 5.38 Å². The Morgan fingerprint density at radius 3 is 3.13 bits per heavy atom. The minimum absolute atomic E-state index is 0.142. The number of carbonyl (C=O) groups is 1. The third kappa shape index (κ3) is 3.27. The van der Waals surface area contributed by atoms with E-state index < -0.39 is 0 Å². The summed E-state index contributed by atoms with van der Waals surface area (Å²) in [6.07, 6.45) is 2.30. The number of hydrogen-bond donors (Lipinski definition) is 2. The van der Waals surface area contributed by atoms with Gasteiger partial charge in [0.05, 0.1) is 13.7 Å². The topological polar surface area (TPSA) is 85.2 Å². The molecule has 122 valence electrons. The van der Waals surface area contributed by atoms with Crippen molar-refractivity contribution in [1.29, 1.82) is 0 Å². The standard InChI is InChI=1S/C15H18N4O3S/c1-22-11-8-13(20)19-6-4-16-3-2-10(19)14(11)15(21)18-9-12-17-5-7-23-12/h5,7-8,16H,2-4,6,9H2,1H3,(H,18,21). The summed E-state index contributed by atoms with van der Waals surface area (Å²) in [7, 11) is 1.47. The number of thiazole rings is 1. The molecule has 2 aromatic rings. The van der Waals surface area contributed by atoms with Crippen molar-refractivity contribution in [2.45, 2.75) is 19.5 Å². The number of amides is 1. The van der Waals surface area contributed by atoms with Gasteiger partial charge in [0.1, 0.15) is 16.3 Å². The fourth-order valence-electron chi connectivity index (χ4n) is 2.69. The van der Waals surface area contributed by atoms with Crippen LogP contribution in [0, 0.1) is 0 Å². The molecule has 8 heteroatoms. The molecule has 0 bridgehead atoms. The Morgan fingerprint density at radius 1 is 1.52 bits per heavy atom. The summed E-state index contributed by atoms with van der Waals surface area (Å²) in [6.45, 7) is 2.33. The summed E-state index contributed by atoms with van der Waals surface area (Å²) in [5, 5.41) is 8.79. The summed E-state index contributed by atoms with van der Waals surface area (Å²) < 4.78 is 6.94. The van der Waals surface area contributed by atoms with Crippen molar-refractivity contribution in [3.63, 3.8) is 0 Å². The second-order valence-electron chi connectivity index (χ2n) is 5.13. The molecule has 2 N–H and O–H groups in total. The van der Waals surface area contributed by atoms with Gasteiger partial charge in [0.25, 0.3) is 11.5 Å². The predicted octanol–water partition coefficient (Wildman–Crippen LogP) is 0.389. The summed E-state index contributed by atoms with van der Waals surface area (Å²) in [4.78, 5) is 29.0. The van der Waals surface area contributed by atoms with E-state index in [0.717, 1.165) is 17.2 Å². The molecule has 0 aliphatic carbocycles. The zero-order valence-electron chi connectivity index (χ0n) is 12.8. The number of nitrogens with one attached hydrogen (secondary N) is 2. The fraction of sp³-hybridized carbons (Fsp3) is 0.400. The maximum Gasteiger partial charge on any atom is 0.257 e. The van der Waals surface area contributed by atoms with Crippen molar-refractivity contribution < 1.29 is 9.53 Å². The number of nitrogens with zero attached hydrogens (tertiary/aromatic N) is 2. The van der Waals surface area contributed by atoms with Crippen molar-refractivity contribution >= 4 is 17.2 Å². The molecule has 0 radical (unpaired) electrons. The predicted molar refractivity (Wildman–Crippen MR) is 87.1 cm³/mol. The molecule has 3 heterocycles. The van der Waals surface area contributed by atoms with Gasteiger partial charge in [-0.2, -0.15) is 0 Å². The number of hydrogen-bond acceptors (Lipinski definition) is 6. The van der Waals surface area contributed by atoms with Crippen LogP contribution in [0.5, 0.6) is 5.75 Å². The molecule has 0 saturated heterocycles. The lowest BCUT2D eigenvalue weighted by molar-refractivity contribution is 0.0945. The molecule has 2 aromatic heterocycles. The molecular weight excluding hydrogens is 316 g/mol. The smallest absolute Gasteiger partial charge is 0.257 e. The first-order valence-corrected chi connectivity index (χ1v) is 8.26. The van der Waals surface area contributed by atoms with E-state index in [1.54, 1.807) is 10.8 Å². The van der Waals surface area contributed by atoms with Crippen molar-refractivity contribution in [2.75, 3.05) is 20.2 Å². The first-order valence-electron chi connectivity index (χ1n) is 7.38. The van der Waals surface area contributed by atoms with E-state index in [1.165, 1.54) is 24.5 Å². The lowest BCUT2D eigenvalue weighted by atomic mass is 10.1. The fourth-order valence-corrected chi connectivity index (χ4v) is 3.24. The average Bonchev–Trinajstić information content (AvgIpc) is 2.95. The first kappa shape index (κ1) is 15.7. The molecular formula is C15H18N4O3S. The van der Waals surface area contributed by atoms with E-state index in [-0.39, 0.29) is 11.5 Å². The average molecular weight is 334 g/mol. The Morgan fingerprint density at radius 2 is 2.39 bits per heavy atom. The Kier molecular flexibility index (Phi) is 4.73. The summed E-state index contributed by atoms with van der Waals surface area (Å²) in [5.74, 6) is 0.0717. The zero-order valence-corrected chi connectivity index (χ0v) is 13.6. The van der Waals surface area contributed by atoms with Crippen LogP contribution in [0.15, 0.2) is 22.4 Å². The highest BCUT2D eigenvalue weighted by molar-refractivity contribution is 7.09.